The molecule has 1 heterocycles. The van der Waals surface area contributed by atoms with Crippen molar-refractivity contribution in [2.75, 3.05) is 7.05 Å². The molecular formula is C11H19N3S2. The Balaban J connectivity index is 2.03. The van der Waals surface area contributed by atoms with Gasteiger partial charge in [-0.1, -0.05) is 25.6 Å². The van der Waals surface area contributed by atoms with Gasteiger partial charge in [0.25, 0.3) is 0 Å². The topological polar surface area (TPSA) is 37.8 Å². The largest absolute Gasteiger partial charge is 0.316 e. The van der Waals surface area contributed by atoms with Gasteiger partial charge < -0.3 is 5.32 Å². The molecule has 0 radical (unpaired) electrons. The van der Waals surface area contributed by atoms with E-state index >= 15 is 0 Å². The lowest BCUT2D eigenvalue weighted by molar-refractivity contribution is 0.218. The number of hydrogen-bond donors (Lipinski definition) is 1. The van der Waals surface area contributed by atoms with Gasteiger partial charge in [-0.05, 0) is 43.3 Å². The van der Waals surface area contributed by atoms with Crippen molar-refractivity contribution < 1.29 is 0 Å². The van der Waals surface area contributed by atoms with Gasteiger partial charge in [0, 0.05) is 11.3 Å². The normalized spacial score (nSPS) is 29.2. The zero-order chi connectivity index (χ0) is 11.6. The van der Waals surface area contributed by atoms with E-state index in [0.29, 0.717) is 16.7 Å². The zero-order valence-electron chi connectivity index (χ0n) is 10.1. The summed E-state index contributed by atoms with van der Waals surface area (Å²) in [4.78, 5) is 4.27. The lowest BCUT2D eigenvalue weighted by Gasteiger charge is -2.39. The van der Waals surface area contributed by atoms with Gasteiger partial charge in [0.05, 0.1) is 0 Å². The van der Waals surface area contributed by atoms with Crippen LogP contribution in [0.3, 0.4) is 0 Å². The molecule has 2 unspecified atom stereocenters. The number of thioether (sulfide) groups is 1. The second-order valence-electron chi connectivity index (χ2n) is 5.17. The first-order valence-corrected chi connectivity index (χ1v) is 7.37. The molecule has 1 aromatic rings. The molecule has 0 bridgehead atoms. The van der Waals surface area contributed by atoms with Crippen LogP contribution in [0.5, 0.6) is 0 Å². The summed E-state index contributed by atoms with van der Waals surface area (Å²) in [7, 11) is 2.07. The molecule has 1 aliphatic rings. The van der Waals surface area contributed by atoms with Crippen LogP contribution in [0.15, 0.2) is 10.7 Å². The molecule has 0 aromatic carbocycles. The number of nitrogens with one attached hydrogen (secondary N) is 1. The molecule has 5 heteroatoms. The zero-order valence-corrected chi connectivity index (χ0v) is 11.7. The first-order chi connectivity index (χ1) is 7.61. The van der Waals surface area contributed by atoms with Crippen LogP contribution in [0.1, 0.15) is 33.1 Å². The van der Waals surface area contributed by atoms with E-state index in [1.54, 1.807) is 6.33 Å². The van der Waals surface area contributed by atoms with Crippen LogP contribution in [-0.4, -0.2) is 27.7 Å². The van der Waals surface area contributed by atoms with Crippen LogP contribution >= 0.6 is 23.3 Å². The van der Waals surface area contributed by atoms with Crippen LogP contribution in [-0.2, 0) is 0 Å². The van der Waals surface area contributed by atoms with Gasteiger partial charge in [0.2, 0.25) is 0 Å². The van der Waals surface area contributed by atoms with Crippen molar-refractivity contribution >= 4 is 23.3 Å². The maximum absolute atomic E-state index is 4.27. The molecule has 0 aliphatic heterocycles. The fraction of sp³-hybridized carbons (Fsp3) is 0.818. The van der Waals surface area contributed by atoms with Crippen LogP contribution < -0.4 is 5.32 Å². The third-order valence-corrected chi connectivity index (χ3v) is 5.38. The summed E-state index contributed by atoms with van der Waals surface area (Å²) in [6.07, 6.45) is 5.48. The minimum Gasteiger partial charge on any atom is -0.316 e. The Morgan fingerprint density at radius 3 is 3.00 bits per heavy atom. The van der Waals surface area contributed by atoms with Crippen molar-refractivity contribution in [3.8, 4) is 0 Å². The molecule has 3 nitrogen and oxygen atoms in total. The van der Waals surface area contributed by atoms with Crippen molar-refractivity contribution in [2.24, 2.45) is 5.41 Å². The second kappa shape index (κ2) is 5.02. The van der Waals surface area contributed by atoms with Gasteiger partial charge in [0.15, 0.2) is 4.34 Å². The average molecular weight is 257 g/mol. The predicted octanol–water partition coefficient (Wildman–Crippen LogP) is 2.80. The monoisotopic (exact) mass is 257 g/mol. The van der Waals surface area contributed by atoms with Crippen molar-refractivity contribution in [3.05, 3.63) is 6.33 Å². The Kier molecular flexibility index (Phi) is 3.87. The molecule has 2 rings (SSSR count). The fourth-order valence-electron chi connectivity index (χ4n) is 2.32. The van der Waals surface area contributed by atoms with Gasteiger partial charge in [-0.3, -0.25) is 0 Å². The number of nitrogens with zero attached hydrogens (tertiary/aromatic N) is 2. The van der Waals surface area contributed by atoms with Gasteiger partial charge in [-0.2, -0.15) is 4.37 Å². The molecule has 0 amide bonds. The van der Waals surface area contributed by atoms with Gasteiger partial charge in [-0.25, -0.2) is 4.98 Å². The first kappa shape index (κ1) is 12.3. The van der Waals surface area contributed by atoms with E-state index in [1.807, 2.05) is 11.8 Å². The smallest absolute Gasteiger partial charge is 0.170 e. The third-order valence-electron chi connectivity index (χ3n) is 3.30. The molecule has 1 saturated carbocycles. The molecule has 0 spiro atoms. The molecule has 16 heavy (non-hydrogen) atoms. The number of rotatable bonds is 3. The molecule has 2 atom stereocenters. The maximum Gasteiger partial charge on any atom is 0.170 e. The van der Waals surface area contributed by atoms with Crippen LogP contribution in [0.2, 0.25) is 0 Å². The number of aromatic nitrogens is 2. The van der Waals surface area contributed by atoms with Crippen molar-refractivity contribution in [1.82, 2.24) is 14.7 Å². The molecule has 1 aromatic heterocycles. The van der Waals surface area contributed by atoms with E-state index in [2.05, 4.69) is 35.6 Å². The molecular weight excluding hydrogens is 238 g/mol. The highest BCUT2D eigenvalue weighted by Crippen LogP contribution is 2.42. The SMILES string of the molecule is CNC1CCC(C)(C)CC1Sc1ncns1. The molecule has 90 valence electrons. The Hall–Kier alpha value is -0.130. The Morgan fingerprint density at radius 1 is 1.56 bits per heavy atom. The summed E-state index contributed by atoms with van der Waals surface area (Å²) >= 11 is 3.39. The van der Waals surface area contributed by atoms with Crippen LogP contribution in [0.25, 0.3) is 0 Å². The minimum absolute atomic E-state index is 0.468. The molecule has 0 saturated heterocycles. The Morgan fingerprint density at radius 2 is 2.38 bits per heavy atom. The first-order valence-electron chi connectivity index (χ1n) is 5.71. The summed E-state index contributed by atoms with van der Waals surface area (Å²) in [6.45, 7) is 4.74. The Bertz CT molecular complexity index is 324. The average Bonchev–Trinajstić information content (AvgIpc) is 2.70. The van der Waals surface area contributed by atoms with Crippen molar-refractivity contribution in [3.63, 3.8) is 0 Å². The summed E-state index contributed by atoms with van der Waals surface area (Å²) in [5, 5.41) is 4.07. The fourth-order valence-corrected chi connectivity index (χ4v) is 4.61. The van der Waals surface area contributed by atoms with Crippen molar-refractivity contribution in [1.29, 1.82) is 0 Å². The molecule has 1 N–H and O–H groups in total. The summed E-state index contributed by atoms with van der Waals surface area (Å²) in [5.74, 6) is 0. The summed E-state index contributed by atoms with van der Waals surface area (Å²) in [6, 6.07) is 0.613. The number of hydrogen-bond acceptors (Lipinski definition) is 5. The standard InChI is InChI=1S/C11H19N3S2/c1-11(2)5-4-8(12-3)9(6-11)15-10-13-7-14-16-10/h7-9,12H,4-6H2,1-3H3. The van der Waals surface area contributed by atoms with E-state index in [-0.39, 0.29) is 0 Å². The van der Waals surface area contributed by atoms with E-state index in [0.717, 1.165) is 4.34 Å². The second-order valence-corrected chi connectivity index (χ2v) is 7.43. The highest BCUT2D eigenvalue weighted by atomic mass is 32.2. The lowest BCUT2D eigenvalue weighted by Crippen LogP contribution is -2.43. The predicted molar refractivity (Wildman–Crippen MR) is 70.0 cm³/mol. The van der Waals surface area contributed by atoms with Crippen molar-refractivity contribution in [2.45, 2.75) is 48.7 Å². The molecule has 1 aliphatic carbocycles. The summed E-state index contributed by atoms with van der Waals surface area (Å²) < 4.78 is 5.16. The summed E-state index contributed by atoms with van der Waals surface area (Å²) in [5.41, 5.74) is 0.468. The molecule has 1 fully saturated rings. The van der Waals surface area contributed by atoms with Gasteiger partial charge >= 0.3 is 0 Å². The van der Waals surface area contributed by atoms with E-state index in [1.165, 1.54) is 30.8 Å². The van der Waals surface area contributed by atoms with E-state index in [9.17, 15) is 0 Å². The lowest BCUT2D eigenvalue weighted by atomic mass is 9.75. The van der Waals surface area contributed by atoms with E-state index < -0.39 is 0 Å². The van der Waals surface area contributed by atoms with Gasteiger partial charge in [-0.15, -0.1) is 0 Å². The highest BCUT2D eigenvalue weighted by molar-refractivity contribution is 8.01. The van der Waals surface area contributed by atoms with E-state index in [4.69, 9.17) is 0 Å². The minimum atomic E-state index is 0.468. The van der Waals surface area contributed by atoms with Gasteiger partial charge in [0.1, 0.15) is 6.33 Å². The highest BCUT2D eigenvalue weighted by Gasteiger charge is 2.35. The Labute approximate surface area is 106 Å². The third kappa shape index (κ3) is 2.96. The maximum atomic E-state index is 4.27. The van der Waals surface area contributed by atoms with Crippen LogP contribution in [0, 0.1) is 5.41 Å². The quantitative estimate of drug-likeness (QED) is 0.903. The van der Waals surface area contributed by atoms with Crippen LogP contribution in [0.4, 0.5) is 0 Å².